The zero-order valence-electron chi connectivity index (χ0n) is 18.3. The quantitative estimate of drug-likeness (QED) is 0.202. The van der Waals surface area contributed by atoms with Crippen LogP contribution in [0.1, 0.15) is 50.9 Å². The molecule has 2 N–H and O–H groups in total. The van der Waals surface area contributed by atoms with Crippen molar-refractivity contribution in [3.8, 4) is 0 Å². The zero-order chi connectivity index (χ0) is 22.8. The first-order valence-electron chi connectivity index (χ1n) is 10.1. The number of hydrogen-bond acceptors (Lipinski definition) is 6. The summed E-state index contributed by atoms with van der Waals surface area (Å²) in [6.45, 7) is 8.72. The fraction of sp³-hybridized carbons (Fsp3) is 0.391. The molecule has 1 rings (SSSR count). The highest BCUT2D eigenvalue weighted by Crippen LogP contribution is 2.29. The van der Waals surface area contributed by atoms with E-state index < -0.39 is 0 Å². The highest BCUT2D eigenvalue weighted by molar-refractivity contribution is 6.02. The summed E-state index contributed by atoms with van der Waals surface area (Å²) in [5.41, 5.74) is 1.85. The molecule has 1 aromatic carbocycles. The Morgan fingerprint density at radius 3 is 2.57 bits per heavy atom. The lowest BCUT2D eigenvalue weighted by Gasteiger charge is -2.22. The molecule has 1 amide bonds. The van der Waals surface area contributed by atoms with Gasteiger partial charge in [-0.2, -0.15) is 0 Å². The molecule has 0 aromatic heterocycles. The number of rotatable bonds is 12. The number of para-hydroxylation sites is 1. The smallest absolute Gasteiger partial charge is 0.256 e. The third kappa shape index (κ3) is 9.32. The highest BCUT2D eigenvalue weighted by Gasteiger charge is 2.20. The van der Waals surface area contributed by atoms with Crippen LogP contribution in [0.2, 0.25) is 0 Å². The molecule has 0 aliphatic rings. The van der Waals surface area contributed by atoms with E-state index in [9.17, 15) is 14.5 Å². The van der Waals surface area contributed by atoms with Crippen LogP contribution in [0.15, 0.2) is 59.5 Å². The van der Waals surface area contributed by atoms with Crippen molar-refractivity contribution in [3.05, 3.63) is 64.8 Å². The molecule has 0 aliphatic carbocycles. The van der Waals surface area contributed by atoms with E-state index in [2.05, 4.69) is 10.5 Å². The number of carbonyl (C=O) groups is 2. The van der Waals surface area contributed by atoms with Crippen LogP contribution >= 0.6 is 0 Å². The van der Waals surface area contributed by atoms with E-state index in [1.807, 2.05) is 45.9 Å². The Kier molecular flexibility index (Phi) is 14.9. The predicted octanol–water partition coefficient (Wildman–Crippen LogP) is 5.54. The Labute approximate surface area is 179 Å². The summed E-state index contributed by atoms with van der Waals surface area (Å²) in [5, 5.41) is 15.1. The summed E-state index contributed by atoms with van der Waals surface area (Å²) >= 11 is 0. The Balaban J connectivity index is 0.00000407. The molecule has 0 saturated carbocycles. The van der Waals surface area contributed by atoms with Gasteiger partial charge in [-0.1, -0.05) is 43.7 Å². The lowest BCUT2D eigenvalue weighted by atomic mass is 10.1. The summed E-state index contributed by atoms with van der Waals surface area (Å²) in [6.07, 6.45) is 9.86. The standard InChI is InChI=1S/C21H27N3O4.C2H6/c1-3-4-12-22-20-18(9-5-10-19(20)23-28)21(27)24(13-7-16-26)14-11-17(2)8-6-15-25;1-2/h3-5,7,9-11,15-16,22,26H,6,8,12-14H2,1-2H3;1-2H3/b4-3-,16-7+,17-11+;. The van der Waals surface area contributed by atoms with Gasteiger partial charge in [0.05, 0.1) is 17.5 Å². The van der Waals surface area contributed by atoms with E-state index in [0.717, 1.165) is 18.1 Å². The summed E-state index contributed by atoms with van der Waals surface area (Å²) < 4.78 is 0. The van der Waals surface area contributed by atoms with Crippen LogP contribution in [0, 0.1) is 4.91 Å². The van der Waals surface area contributed by atoms with Gasteiger partial charge in [0, 0.05) is 26.1 Å². The van der Waals surface area contributed by atoms with Crippen molar-refractivity contribution in [3.63, 3.8) is 0 Å². The van der Waals surface area contributed by atoms with Crippen LogP contribution in [0.5, 0.6) is 0 Å². The molecule has 0 atom stereocenters. The maximum absolute atomic E-state index is 13.1. The molecule has 0 unspecified atom stereocenters. The van der Waals surface area contributed by atoms with E-state index in [0.29, 0.717) is 37.2 Å². The van der Waals surface area contributed by atoms with Gasteiger partial charge in [-0.05, 0) is 43.7 Å². The van der Waals surface area contributed by atoms with Gasteiger partial charge < -0.3 is 20.1 Å². The molecule has 164 valence electrons. The van der Waals surface area contributed by atoms with Crippen LogP contribution in [-0.4, -0.2) is 41.8 Å². The summed E-state index contributed by atoms with van der Waals surface area (Å²) in [4.78, 5) is 36.3. The summed E-state index contributed by atoms with van der Waals surface area (Å²) in [6, 6.07) is 4.78. The fourth-order valence-electron chi connectivity index (χ4n) is 2.50. The first-order chi connectivity index (χ1) is 14.6. The van der Waals surface area contributed by atoms with Gasteiger partial charge in [0.1, 0.15) is 12.0 Å². The zero-order valence-corrected chi connectivity index (χ0v) is 18.3. The lowest BCUT2D eigenvalue weighted by molar-refractivity contribution is -0.107. The molecule has 30 heavy (non-hydrogen) atoms. The van der Waals surface area contributed by atoms with Gasteiger partial charge in [0.2, 0.25) is 0 Å². The van der Waals surface area contributed by atoms with Crippen molar-refractivity contribution in [2.45, 2.75) is 40.5 Å². The van der Waals surface area contributed by atoms with Crippen LogP contribution in [-0.2, 0) is 4.79 Å². The van der Waals surface area contributed by atoms with Gasteiger partial charge in [-0.25, -0.2) is 0 Å². The molecule has 0 bridgehead atoms. The molecule has 1 aromatic rings. The number of anilines is 1. The van der Waals surface area contributed by atoms with E-state index in [-0.39, 0.29) is 18.1 Å². The number of aliphatic hydroxyl groups excluding tert-OH is 1. The van der Waals surface area contributed by atoms with E-state index in [1.165, 1.54) is 11.0 Å². The highest BCUT2D eigenvalue weighted by atomic mass is 16.3. The number of nitroso groups, excluding NO2 is 1. The Morgan fingerprint density at radius 1 is 1.23 bits per heavy atom. The number of allylic oxidation sites excluding steroid dienone is 2. The van der Waals surface area contributed by atoms with Gasteiger partial charge in [0.25, 0.3) is 5.91 Å². The third-order valence-corrected chi connectivity index (χ3v) is 4.04. The van der Waals surface area contributed by atoms with Crippen molar-refractivity contribution in [1.29, 1.82) is 0 Å². The second kappa shape index (κ2) is 16.7. The number of carbonyl (C=O) groups excluding carboxylic acids is 2. The average molecular weight is 416 g/mol. The molecular weight excluding hydrogens is 382 g/mol. The Hall–Kier alpha value is -3.22. The second-order valence-corrected chi connectivity index (χ2v) is 6.09. The van der Waals surface area contributed by atoms with Crippen LogP contribution in [0.25, 0.3) is 0 Å². The second-order valence-electron chi connectivity index (χ2n) is 6.09. The number of aldehydes is 1. The van der Waals surface area contributed by atoms with Crippen LogP contribution < -0.4 is 5.32 Å². The van der Waals surface area contributed by atoms with Gasteiger partial charge >= 0.3 is 0 Å². The molecule has 7 heteroatoms. The van der Waals surface area contributed by atoms with Crippen molar-refractivity contribution in [2.24, 2.45) is 5.18 Å². The summed E-state index contributed by atoms with van der Waals surface area (Å²) in [7, 11) is 0. The first-order valence-corrected chi connectivity index (χ1v) is 10.1. The molecule has 7 nitrogen and oxygen atoms in total. The maximum Gasteiger partial charge on any atom is 0.256 e. The minimum absolute atomic E-state index is 0.158. The molecular formula is C23H33N3O4. The topological polar surface area (TPSA) is 99.1 Å². The van der Waals surface area contributed by atoms with Crippen LogP contribution in [0.3, 0.4) is 0 Å². The van der Waals surface area contributed by atoms with Crippen LogP contribution in [0.4, 0.5) is 11.4 Å². The molecule has 0 saturated heterocycles. The van der Waals surface area contributed by atoms with Gasteiger partial charge in [0.15, 0.2) is 0 Å². The van der Waals surface area contributed by atoms with Crippen molar-refractivity contribution < 1.29 is 14.7 Å². The number of nitrogens with one attached hydrogen (secondary N) is 1. The van der Waals surface area contributed by atoms with E-state index in [1.54, 1.807) is 18.2 Å². The van der Waals surface area contributed by atoms with Crippen molar-refractivity contribution in [2.75, 3.05) is 25.0 Å². The van der Waals surface area contributed by atoms with Crippen molar-refractivity contribution >= 4 is 23.6 Å². The van der Waals surface area contributed by atoms with E-state index in [4.69, 9.17) is 5.11 Å². The SMILES string of the molecule is C/C=C\CNc1c(N=O)cccc1C(=O)N(C/C=C/O)C/C=C(\C)CCC=O.CC. The number of benzene rings is 1. The van der Waals surface area contributed by atoms with Crippen molar-refractivity contribution in [1.82, 2.24) is 4.90 Å². The molecule has 0 heterocycles. The number of nitrogens with zero attached hydrogens (tertiary/aromatic N) is 2. The molecule has 0 radical (unpaired) electrons. The minimum atomic E-state index is -0.300. The Bertz CT molecular complexity index is 755. The third-order valence-electron chi connectivity index (χ3n) is 4.04. The van der Waals surface area contributed by atoms with Gasteiger partial charge in [-0.3, -0.25) is 4.79 Å². The molecule has 0 fully saturated rings. The molecule has 0 aliphatic heterocycles. The summed E-state index contributed by atoms with van der Waals surface area (Å²) in [5.74, 6) is -0.300. The predicted molar refractivity (Wildman–Crippen MR) is 123 cm³/mol. The first kappa shape index (κ1) is 26.8. The number of hydrogen-bond donors (Lipinski definition) is 2. The number of amides is 1. The molecule has 0 spiro atoms. The number of aliphatic hydroxyl groups is 1. The Morgan fingerprint density at radius 2 is 1.97 bits per heavy atom. The monoisotopic (exact) mass is 415 g/mol. The average Bonchev–Trinajstić information content (AvgIpc) is 2.78. The largest absolute Gasteiger partial charge is 0.516 e. The van der Waals surface area contributed by atoms with E-state index >= 15 is 0 Å². The normalized spacial score (nSPS) is 11.1. The van der Waals surface area contributed by atoms with Gasteiger partial charge in [-0.15, -0.1) is 4.91 Å². The fourth-order valence-corrected chi connectivity index (χ4v) is 2.50. The lowest BCUT2D eigenvalue weighted by Crippen LogP contribution is -2.32. The maximum atomic E-state index is 13.1. The minimum Gasteiger partial charge on any atom is -0.516 e.